The predicted octanol–water partition coefficient (Wildman–Crippen LogP) is 3.19. The van der Waals surface area contributed by atoms with E-state index in [1.54, 1.807) is 12.1 Å². The first kappa shape index (κ1) is 17.1. The summed E-state index contributed by atoms with van der Waals surface area (Å²) < 4.78 is 9.90. The van der Waals surface area contributed by atoms with Crippen molar-refractivity contribution in [2.45, 2.75) is 0 Å². The molecule has 2 aromatic rings. The standard InChI is InChI=1S/C15H12Cl2N2O4/c1-22-15(21)9-4-5-18-13(6-9)19-14(20)8-23-12-3-2-10(16)7-11(12)17/h2-7H,8H2,1H3,(H,18,19,20). The number of hydrogen-bond acceptors (Lipinski definition) is 5. The van der Waals surface area contributed by atoms with E-state index in [1.165, 1.54) is 31.5 Å². The number of benzene rings is 1. The summed E-state index contributed by atoms with van der Waals surface area (Å²) in [6.45, 7) is -0.272. The summed E-state index contributed by atoms with van der Waals surface area (Å²) in [6.07, 6.45) is 1.39. The largest absolute Gasteiger partial charge is 0.482 e. The molecule has 0 bridgehead atoms. The van der Waals surface area contributed by atoms with Gasteiger partial charge in [-0.05, 0) is 30.3 Å². The van der Waals surface area contributed by atoms with Gasteiger partial charge in [0.05, 0.1) is 17.7 Å². The van der Waals surface area contributed by atoms with Crippen LogP contribution in [0, 0.1) is 0 Å². The van der Waals surface area contributed by atoms with E-state index in [1.807, 2.05) is 0 Å². The molecular formula is C15H12Cl2N2O4. The molecule has 1 aromatic carbocycles. The van der Waals surface area contributed by atoms with Crippen molar-refractivity contribution in [3.8, 4) is 5.75 Å². The van der Waals surface area contributed by atoms with E-state index in [0.717, 1.165) is 0 Å². The zero-order valence-corrected chi connectivity index (χ0v) is 13.5. The molecule has 0 aliphatic heterocycles. The van der Waals surface area contributed by atoms with Crippen LogP contribution < -0.4 is 10.1 Å². The third kappa shape index (κ3) is 4.84. The fraction of sp³-hybridized carbons (Fsp3) is 0.133. The summed E-state index contributed by atoms with van der Waals surface area (Å²) in [5.74, 6) is -0.427. The summed E-state index contributed by atoms with van der Waals surface area (Å²) in [7, 11) is 1.27. The number of methoxy groups -OCH3 is 1. The van der Waals surface area contributed by atoms with Crippen LogP contribution in [-0.4, -0.2) is 30.6 Å². The van der Waals surface area contributed by atoms with E-state index in [4.69, 9.17) is 27.9 Å². The lowest BCUT2D eigenvalue weighted by Crippen LogP contribution is -2.21. The number of carbonyl (C=O) groups excluding carboxylic acids is 2. The number of rotatable bonds is 5. The third-order valence-corrected chi connectivity index (χ3v) is 3.23. The topological polar surface area (TPSA) is 77.5 Å². The fourth-order valence-electron chi connectivity index (χ4n) is 1.66. The average molecular weight is 355 g/mol. The van der Waals surface area contributed by atoms with Gasteiger partial charge in [0, 0.05) is 11.2 Å². The Bertz CT molecular complexity index is 737. The monoisotopic (exact) mass is 354 g/mol. The first-order valence-corrected chi connectivity index (χ1v) is 7.17. The van der Waals surface area contributed by atoms with Gasteiger partial charge in [-0.25, -0.2) is 9.78 Å². The highest BCUT2D eigenvalue weighted by Gasteiger charge is 2.10. The molecule has 0 unspecified atom stereocenters. The number of amides is 1. The van der Waals surface area contributed by atoms with Gasteiger partial charge in [-0.2, -0.15) is 0 Å². The van der Waals surface area contributed by atoms with Crippen molar-refractivity contribution in [2.24, 2.45) is 0 Å². The van der Waals surface area contributed by atoms with Gasteiger partial charge in [0.1, 0.15) is 11.6 Å². The van der Waals surface area contributed by atoms with Crippen LogP contribution in [0.3, 0.4) is 0 Å². The van der Waals surface area contributed by atoms with Crippen LogP contribution in [0.15, 0.2) is 36.5 Å². The summed E-state index contributed by atoms with van der Waals surface area (Å²) in [5.41, 5.74) is 0.277. The molecule has 2 rings (SSSR count). The first-order chi connectivity index (χ1) is 11.0. The number of hydrogen-bond donors (Lipinski definition) is 1. The van der Waals surface area contributed by atoms with Gasteiger partial charge in [-0.3, -0.25) is 4.79 Å². The molecule has 1 aromatic heterocycles. The quantitative estimate of drug-likeness (QED) is 0.834. The highest BCUT2D eigenvalue weighted by Crippen LogP contribution is 2.27. The van der Waals surface area contributed by atoms with Crippen LogP contribution in [0.5, 0.6) is 5.75 Å². The predicted molar refractivity (Wildman–Crippen MR) is 86.2 cm³/mol. The molecular weight excluding hydrogens is 343 g/mol. The molecule has 1 amide bonds. The van der Waals surface area contributed by atoms with E-state index in [-0.39, 0.29) is 18.0 Å². The Morgan fingerprint density at radius 2 is 2.00 bits per heavy atom. The minimum atomic E-state index is -0.521. The Kier molecular flexibility index (Phi) is 5.78. The van der Waals surface area contributed by atoms with Gasteiger partial charge >= 0.3 is 5.97 Å². The molecule has 120 valence electrons. The second kappa shape index (κ2) is 7.80. The van der Waals surface area contributed by atoms with E-state index in [0.29, 0.717) is 15.8 Å². The van der Waals surface area contributed by atoms with Crippen molar-refractivity contribution >= 4 is 40.9 Å². The number of aromatic nitrogens is 1. The molecule has 0 fully saturated rings. The molecule has 6 nitrogen and oxygen atoms in total. The van der Waals surface area contributed by atoms with Crippen molar-refractivity contribution in [1.29, 1.82) is 0 Å². The minimum Gasteiger partial charge on any atom is -0.482 e. The smallest absolute Gasteiger partial charge is 0.338 e. The molecule has 0 saturated carbocycles. The van der Waals surface area contributed by atoms with Gasteiger partial charge in [0.25, 0.3) is 5.91 Å². The van der Waals surface area contributed by atoms with Gasteiger partial charge in [0.15, 0.2) is 6.61 Å². The molecule has 0 atom stereocenters. The zero-order valence-electron chi connectivity index (χ0n) is 12.0. The van der Waals surface area contributed by atoms with E-state index >= 15 is 0 Å². The van der Waals surface area contributed by atoms with Crippen LogP contribution in [0.4, 0.5) is 5.82 Å². The van der Waals surface area contributed by atoms with Gasteiger partial charge in [0.2, 0.25) is 0 Å². The van der Waals surface area contributed by atoms with Crippen molar-refractivity contribution in [1.82, 2.24) is 4.98 Å². The highest BCUT2D eigenvalue weighted by molar-refractivity contribution is 6.35. The summed E-state index contributed by atoms with van der Waals surface area (Å²) in [6, 6.07) is 7.55. The molecule has 1 heterocycles. The second-order valence-corrected chi connectivity index (χ2v) is 5.18. The first-order valence-electron chi connectivity index (χ1n) is 6.41. The molecule has 0 aliphatic carbocycles. The number of ether oxygens (including phenoxy) is 2. The van der Waals surface area contributed by atoms with Crippen LogP contribution in [0.2, 0.25) is 10.0 Å². The SMILES string of the molecule is COC(=O)c1ccnc(NC(=O)COc2ccc(Cl)cc2Cl)c1. The van der Waals surface area contributed by atoms with Crippen molar-refractivity contribution < 1.29 is 19.1 Å². The van der Waals surface area contributed by atoms with Crippen molar-refractivity contribution in [2.75, 3.05) is 19.0 Å². The Morgan fingerprint density at radius 1 is 1.22 bits per heavy atom. The maximum atomic E-state index is 11.9. The Balaban J connectivity index is 1.96. The number of esters is 1. The van der Waals surface area contributed by atoms with Crippen LogP contribution in [-0.2, 0) is 9.53 Å². The number of carbonyl (C=O) groups is 2. The lowest BCUT2D eigenvalue weighted by Gasteiger charge is -2.09. The molecule has 8 heteroatoms. The molecule has 0 saturated heterocycles. The highest BCUT2D eigenvalue weighted by atomic mass is 35.5. The van der Waals surface area contributed by atoms with Gasteiger partial charge < -0.3 is 14.8 Å². The zero-order chi connectivity index (χ0) is 16.8. The van der Waals surface area contributed by atoms with Crippen molar-refractivity contribution in [3.05, 3.63) is 52.1 Å². The lowest BCUT2D eigenvalue weighted by atomic mass is 10.2. The maximum Gasteiger partial charge on any atom is 0.338 e. The summed E-state index contributed by atoms with van der Waals surface area (Å²) >= 11 is 11.7. The van der Waals surface area contributed by atoms with Crippen molar-refractivity contribution in [3.63, 3.8) is 0 Å². The van der Waals surface area contributed by atoms with E-state index < -0.39 is 11.9 Å². The Morgan fingerprint density at radius 3 is 2.70 bits per heavy atom. The molecule has 0 radical (unpaired) electrons. The number of halogens is 2. The van der Waals surface area contributed by atoms with Gasteiger partial charge in [-0.1, -0.05) is 23.2 Å². The van der Waals surface area contributed by atoms with Crippen LogP contribution >= 0.6 is 23.2 Å². The molecule has 0 aliphatic rings. The number of anilines is 1. The maximum absolute atomic E-state index is 11.9. The third-order valence-electron chi connectivity index (χ3n) is 2.70. The molecule has 1 N–H and O–H groups in total. The van der Waals surface area contributed by atoms with Gasteiger partial charge in [-0.15, -0.1) is 0 Å². The normalized spacial score (nSPS) is 10.0. The number of pyridine rings is 1. The number of nitrogens with one attached hydrogen (secondary N) is 1. The minimum absolute atomic E-state index is 0.212. The summed E-state index contributed by atoms with van der Waals surface area (Å²) in [5, 5.41) is 3.28. The van der Waals surface area contributed by atoms with E-state index in [9.17, 15) is 9.59 Å². The fourth-order valence-corrected chi connectivity index (χ4v) is 2.12. The molecule has 23 heavy (non-hydrogen) atoms. The summed E-state index contributed by atoms with van der Waals surface area (Å²) in [4.78, 5) is 27.2. The van der Waals surface area contributed by atoms with Crippen LogP contribution in [0.1, 0.15) is 10.4 Å². The second-order valence-electron chi connectivity index (χ2n) is 4.33. The number of nitrogens with zero attached hydrogens (tertiary/aromatic N) is 1. The van der Waals surface area contributed by atoms with Crippen LogP contribution in [0.25, 0.3) is 0 Å². The lowest BCUT2D eigenvalue weighted by molar-refractivity contribution is -0.118. The average Bonchev–Trinajstić information content (AvgIpc) is 2.53. The Hall–Kier alpha value is -2.31. The Labute approximate surface area is 142 Å². The van der Waals surface area contributed by atoms with E-state index in [2.05, 4.69) is 15.0 Å². The molecule has 0 spiro atoms.